The van der Waals surface area contributed by atoms with Crippen LogP contribution in [0.1, 0.15) is 36.3 Å². The standard InChI is InChI=1S/C25H32N2O4S/c28-32(29,18-20-7-8-20)26-11-14-30-21-9-10-25-23(16-21)22(15-19-5-2-1-3-6-19)24(17-31-25)27-12-4-13-27/h1-3,5-6,9-10,16,20,22,24,26H,4,7-8,11-15,17-18H2/t22-,24+/m1/s1. The van der Waals surface area contributed by atoms with Crippen LogP contribution >= 0.6 is 0 Å². The van der Waals surface area contributed by atoms with E-state index in [0.717, 1.165) is 43.9 Å². The topological polar surface area (TPSA) is 67.9 Å². The van der Waals surface area contributed by atoms with Gasteiger partial charge in [-0.3, -0.25) is 4.90 Å². The Morgan fingerprint density at radius 2 is 1.91 bits per heavy atom. The van der Waals surface area contributed by atoms with Gasteiger partial charge in [0.25, 0.3) is 0 Å². The fourth-order valence-corrected chi connectivity index (χ4v) is 6.17. The Kier molecular flexibility index (Phi) is 6.40. The lowest BCUT2D eigenvalue weighted by Crippen LogP contribution is -2.52. The van der Waals surface area contributed by atoms with Crippen molar-refractivity contribution >= 4 is 10.0 Å². The molecule has 2 aromatic rings. The van der Waals surface area contributed by atoms with E-state index >= 15 is 0 Å². The number of rotatable bonds is 10. The van der Waals surface area contributed by atoms with E-state index in [9.17, 15) is 8.42 Å². The third-order valence-corrected chi connectivity index (χ3v) is 8.31. The number of ether oxygens (including phenoxy) is 2. The summed E-state index contributed by atoms with van der Waals surface area (Å²) >= 11 is 0. The number of nitrogens with one attached hydrogen (secondary N) is 1. The fourth-order valence-electron chi connectivity index (χ4n) is 4.70. The van der Waals surface area contributed by atoms with Crippen LogP contribution in [0.3, 0.4) is 0 Å². The Bertz CT molecular complexity index is 1020. The minimum Gasteiger partial charge on any atom is -0.492 e. The molecule has 2 aromatic carbocycles. The summed E-state index contributed by atoms with van der Waals surface area (Å²) in [6.45, 7) is 3.57. The van der Waals surface area contributed by atoms with E-state index in [4.69, 9.17) is 9.47 Å². The second kappa shape index (κ2) is 9.41. The minimum absolute atomic E-state index is 0.238. The van der Waals surface area contributed by atoms with Gasteiger partial charge in [-0.2, -0.15) is 0 Å². The maximum atomic E-state index is 12.0. The van der Waals surface area contributed by atoms with Gasteiger partial charge in [0.2, 0.25) is 10.0 Å². The second-order valence-electron chi connectivity index (χ2n) is 9.23. The highest BCUT2D eigenvalue weighted by Crippen LogP contribution is 2.41. The molecule has 1 saturated carbocycles. The van der Waals surface area contributed by atoms with E-state index in [0.29, 0.717) is 31.1 Å². The van der Waals surface area contributed by atoms with Crippen molar-refractivity contribution in [2.45, 2.75) is 37.6 Å². The average Bonchev–Trinajstić information content (AvgIpc) is 3.55. The summed E-state index contributed by atoms with van der Waals surface area (Å²) in [4.78, 5) is 2.53. The van der Waals surface area contributed by atoms with Crippen molar-refractivity contribution in [3.8, 4) is 11.5 Å². The molecule has 1 aliphatic carbocycles. The first-order valence-corrected chi connectivity index (χ1v) is 13.4. The molecule has 0 bridgehead atoms. The Labute approximate surface area is 191 Å². The molecule has 2 fully saturated rings. The quantitative estimate of drug-likeness (QED) is 0.556. The first kappa shape index (κ1) is 21.7. The molecule has 2 atom stereocenters. The third-order valence-electron chi connectivity index (χ3n) is 6.76. The van der Waals surface area contributed by atoms with Gasteiger partial charge in [-0.1, -0.05) is 30.3 Å². The van der Waals surface area contributed by atoms with E-state index in [1.807, 2.05) is 12.1 Å². The smallest absolute Gasteiger partial charge is 0.211 e. The highest BCUT2D eigenvalue weighted by Gasteiger charge is 2.37. The van der Waals surface area contributed by atoms with Crippen LogP contribution < -0.4 is 14.2 Å². The van der Waals surface area contributed by atoms with E-state index in [1.165, 1.54) is 17.5 Å². The number of fused-ring (bicyclic) bond motifs is 1. The number of hydrogen-bond donors (Lipinski definition) is 1. The number of nitrogens with zero attached hydrogens (tertiary/aromatic N) is 1. The van der Waals surface area contributed by atoms with Crippen molar-refractivity contribution in [2.75, 3.05) is 38.6 Å². The van der Waals surface area contributed by atoms with Crippen LogP contribution in [0.5, 0.6) is 11.5 Å². The highest BCUT2D eigenvalue weighted by molar-refractivity contribution is 7.89. The SMILES string of the molecule is O=S(=O)(CC1CC1)NCCOc1ccc2c(c1)[C@@H](Cc1ccccc1)[C@@H](N1CCC1)CO2. The van der Waals surface area contributed by atoms with E-state index in [1.54, 1.807) is 0 Å². The molecule has 6 nitrogen and oxygen atoms in total. The summed E-state index contributed by atoms with van der Waals surface area (Å²) in [5, 5.41) is 0. The van der Waals surface area contributed by atoms with E-state index < -0.39 is 10.0 Å². The van der Waals surface area contributed by atoms with Gasteiger partial charge < -0.3 is 9.47 Å². The summed E-state index contributed by atoms with van der Waals surface area (Å²) in [6, 6.07) is 17.0. The minimum atomic E-state index is -3.20. The first-order chi connectivity index (χ1) is 15.6. The van der Waals surface area contributed by atoms with Crippen LogP contribution in [-0.2, 0) is 16.4 Å². The van der Waals surface area contributed by atoms with Gasteiger partial charge in [-0.25, -0.2) is 13.1 Å². The molecule has 0 spiro atoms. The molecule has 2 aliphatic heterocycles. The first-order valence-electron chi connectivity index (χ1n) is 11.7. The van der Waals surface area contributed by atoms with Gasteiger partial charge in [-0.15, -0.1) is 0 Å². The molecule has 32 heavy (non-hydrogen) atoms. The monoisotopic (exact) mass is 456 g/mol. The summed E-state index contributed by atoms with van der Waals surface area (Å²) < 4.78 is 38.8. The molecule has 5 rings (SSSR count). The zero-order chi connectivity index (χ0) is 22.0. The van der Waals surface area contributed by atoms with Gasteiger partial charge in [0, 0.05) is 18.0 Å². The van der Waals surface area contributed by atoms with Crippen LogP contribution in [0.2, 0.25) is 0 Å². The Morgan fingerprint density at radius 3 is 2.62 bits per heavy atom. The maximum Gasteiger partial charge on any atom is 0.211 e. The molecular formula is C25H32N2O4S. The van der Waals surface area contributed by atoms with Crippen molar-refractivity contribution in [1.82, 2.24) is 9.62 Å². The molecule has 3 aliphatic rings. The van der Waals surface area contributed by atoms with Crippen molar-refractivity contribution < 1.29 is 17.9 Å². The van der Waals surface area contributed by atoms with Crippen LogP contribution in [0.25, 0.3) is 0 Å². The molecule has 2 heterocycles. The Hall–Kier alpha value is -2.09. The molecule has 0 unspecified atom stereocenters. The molecule has 0 radical (unpaired) electrons. The van der Waals surface area contributed by atoms with Crippen molar-refractivity contribution in [1.29, 1.82) is 0 Å². The summed E-state index contributed by atoms with van der Waals surface area (Å²) in [6.07, 6.45) is 4.26. The van der Waals surface area contributed by atoms with Crippen LogP contribution in [0, 0.1) is 5.92 Å². The average molecular weight is 457 g/mol. The lowest BCUT2D eigenvalue weighted by molar-refractivity contribution is 0.0500. The third kappa shape index (κ3) is 5.27. The van der Waals surface area contributed by atoms with Gasteiger partial charge in [0.15, 0.2) is 0 Å². The summed E-state index contributed by atoms with van der Waals surface area (Å²) in [5.41, 5.74) is 2.51. The van der Waals surface area contributed by atoms with E-state index in [-0.39, 0.29) is 12.3 Å². The molecule has 1 saturated heterocycles. The predicted molar refractivity (Wildman–Crippen MR) is 125 cm³/mol. The maximum absolute atomic E-state index is 12.0. The Balaban J connectivity index is 1.27. The molecule has 0 aromatic heterocycles. The zero-order valence-corrected chi connectivity index (χ0v) is 19.2. The summed E-state index contributed by atoms with van der Waals surface area (Å²) in [7, 11) is -3.20. The molecule has 1 N–H and O–H groups in total. The number of benzene rings is 2. The number of sulfonamides is 1. The second-order valence-corrected chi connectivity index (χ2v) is 11.1. The van der Waals surface area contributed by atoms with Gasteiger partial charge in [0.1, 0.15) is 24.7 Å². The normalized spacial score (nSPS) is 23.1. The lowest BCUT2D eigenvalue weighted by atomic mass is 9.82. The van der Waals surface area contributed by atoms with Crippen molar-refractivity contribution in [2.24, 2.45) is 5.92 Å². The highest BCUT2D eigenvalue weighted by atomic mass is 32.2. The van der Waals surface area contributed by atoms with Crippen LogP contribution in [0.15, 0.2) is 48.5 Å². The molecular weight excluding hydrogens is 424 g/mol. The molecule has 172 valence electrons. The lowest BCUT2D eigenvalue weighted by Gasteiger charge is -2.45. The molecule has 0 amide bonds. The predicted octanol–water partition coefficient (Wildman–Crippen LogP) is 3.19. The fraction of sp³-hybridized carbons (Fsp3) is 0.520. The molecule has 7 heteroatoms. The van der Waals surface area contributed by atoms with Crippen LogP contribution in [-0.4, -0.2) is 58.0 Å². The van der Waals surface area contributed by atoms with Gasteiger partial charge >= 0.3 is 0 Å². The Morgan fingerprint density at radius 1 is 1.09 bits per heavy atom. The van der Waals surface area contributed by atoms with Gasteiger partial charge in [-0.05, 0) is 68.5 Å². The van der Waals surface area contributed by atoms with Crippen LogP contribution in [0.4, 0.5) is 0 Å². The summed E-state index contributed by atoms with van der Waals surface area (Å²) in [5.74, 6) is 2.61. The zero-order valence-electron chi connectivity index (χ0n) is 18.4. The largest absolute Gasteiger partial charge is 0.492 e. The number of hydrogen-bond acceptors (Lipinski definition) is 5. The van der Waals surface area contributed by atoms with Crippen molar-refractivity contribution in [3.63, 3.8) is 0 Å². The van der Waals surface area contributed by atoms with Crippen molar-refractivity contribution in [3.05, 3.63) is 59.7 Å². The van der Waals surface area contributed by atoms with Gasteiger partial charge in [0.05, 0.1) is 11.8 Å². The van der Waals surface area contributed by atoms with E-state index in [2.05, 4.69) is 46.0 Å². The number of likely N-dealkylation sites (tertiary alicyclic amines) is 1.